The minimum atomic E-state index is -1.04. The number of pyridine rings is 1. The summed E-state index contributed by atoms with van der Waals surface area (Å²) in [6, 6.07) is 5.22. The van der Waals surface area contributed by atoms with Crippen LogP contribution in [0.25, 0.3) is 16.0 Å². The summed E-state index contributed by atoms with van der Waals surface area (Å²) in [6.07, 6.45) is 4.52. The second-order valence-electron chi connectivity index (χ2n) is 5.31. The van der Waals surface area contributed by atoms with E-state index in [9.17, 15) is 14.7 Å². The van der Waals surface area contributed by atoms with Gasteiger partial charge in [-0.1, -0.05) is 6.92 Å². The number of aryl methyl sites for hydroxylation is 1. The summed E-state index contributed by atoms with van der Waals surface area (Å²) in [5.41, 5.74) is 1.73. The lowest BCUT2D eigenvalue weighted by molar-refractivity contribution is 0.0697. The first kappa shape index (κ1) is 15.4. The first-order valence-electron chi connectivity index (χ1n) is 7.36. The van der Waals surface area contributed by atoms with Gasteiger partial charge in [-0.25, -0.2) is 9.78 Å². The quantitative estimate of drug-likeness (QED) is 0.717. The summed E-state index contributed by atoms with van der Waals surface area (Å²) in [4.78, 5) is 29.4. The number of fused-ring (bicyclic) bond motifs is 1. The third kappa shape index (κ3) is 2.66. The number of aromatic nitrogens is 2. The van der Waals surface area contributed by atoms with Gasteiger partial charge < -0.3 is 9.51 Å². The number of hydrogen-bond donors (Lipinski definition) is 1. The molecule has 0 aromatic carbocycles. The maximum atomic E-state index is 12.7. The zero-order valence-corrected chi connectivity index (χ0v) is 13.7. The highest BCUT2D eigenvalue weighted by molar-refractivity contribution is 7.15. The lowest BCUT2D eigenvalue weighted by Gasteiger charge is -2.13. The van der Waals surface area contributed by atoms with Gasteiger partial charge in [0.25, 0.3) is 0 Å². The first-order valence-corrected chi connectivity index (χ1v) is 8.18. The van der Waals surface area contributed by atoms with Crippen LogP contribution in [0.1, 0.15) is 45.6 Å². The Kier molecular flexibility index (Phi) is 4.00. The van der Waals surface area contributed by atoms with Crippen molar-refractivity contribution < 1.29 is 14.7 Å². The fraction of sp³-hybridized carbons (Fsp3) is 0.235. The van der Waals surface area contributed by atoms with E-state index in [1.165, 1.54) is 11.3 Å². The molecule has 3 rings (SSSR count). The molecule has 3 heterocycles. The van der Waals surface area contributed by atoms with Crippen LogP contribution < -0.4 is 0 Å². The van der Waals surface area contributed by atoms with Gasteiger partial charge in [-0.05, 0) is 31.5 Å². The Hall–Kier alpha value is -2.47. The average molecular weight is 328 g/mol. The van der Waals surface area contributed by atoms with Crippen LogP contribution in [0.3, 0.4) is 0 Å². The molecule has 0 fully saturated rings. The van der Waals surface area contributed by atoms with Crippen LogP contribution in [0, 0.1) is 6.92 Å². The van der Waals surface area contributed by atoms with E-state index >= 15 is 0 Å². The number of aromatic carboxylic acids is 1. The molecule has 1 N–H and O–H groups in total. The molecule has 0 unspecified atom stereocenters. The zero-order valence-electron chi connectivity index (χ0n) is 12.9. The minimum absolute atomic E-state index is 0.0575. The molecule has 0 saturated heterocycles. The predicted molar refractivity (Wildman–Crippen MR) is 89.4 cm³/mol. The van der Waals surface area contributed by atoms with Gasteiger partial charge in [0.1, 0.15) is 0 Å². The summed E-state index contributed by atoms with van der Waals surface area (Å²) in [7, 11) is 0. The highest BCUT2D eigenvalue weighted by Gasteiger charge is 2.24. The van der Waals surface area contributed by atoms with Crippen molar-refractivity contribution in [3.63, 3.8) is 0 Å². The van der Waals surface area contributed by atoms with Gasteiger partial charge in [0.2, 0.25) is 0 Å². The van der Waals surface area contributed by atoms with Gasteiger partial charge in [-0.2, -0.15) is 0 Å². The third-order valence-electron chi connectivity index (χ3n) is 3.66. The van der Waals surface area contributed by atoms with Gasteiger partial charge in [-0.3, -0.25) is 4.79 Å². The van der Waals surface area contributed by atoms with E-state index in [4.69, 9.17) is 0 Å². The molecule has 0 atom stereocenters. The number of nitrogens with zero attached hydrogens (tertiary/aromatic N) is 2. The van der Waals surface area contributed by atoms with E-state index in [-0.39, 0.29) is 11.3 Å². The zero-order chi connectivity index (χ0) is 16.6. The number of hydrogen-bond acceptors (Lipinski definition) is 4. The van der Waals surface area contributed by atoms with Crippen molar-refractivity contribution in [2.45, 2.75) is 26.7 Å². The largest absolute Gasteiger partial charge is 0.478 e. The van der Waals surface area contributed by atoms with E-state index in [2.05, 4.69) is 4.98 Å². The Labute approximate surface area is 137 Å². The molecule has 0 aliphatic carbocycles. The van der Waals surface area contributed by atoms with Crippen molar-refractivity contribution in [3.05, 3.63) is 46.9 Å². The Bertz CT molecular complexity index is 908. The fourth-order valence-electron chi connectivity index (χ4n) is 2.70. The summed E-state index contributed by atoms with van der Waals surface area (Å²) in [6.45, 7) is 3.79. The van der Waals surface area contributed by atoms with E-state index in [1.54, 1.807) is 28.9 Å². The molecule has 0 bridgehead atoms. The standard InChI is InChI=1S/C17H16N2O3S/c1-3-5-13(20)16-15(14-9-18-10(2)23-14)12(17(21)22)8-11-6-4-7-19(11)16/h4,6-9H,3,5H2,1-2H3,(H,21,22). The van der Waals surface area contributed by atoms with Gasteiger partial charge in [0, 0.05) is 29.9 Å². The average Bonchev–Trinajstić information content (AvgIpc) is 3.13. The number of Topliss-reactive ketones (excluding diaryl/α,β-unsaturated/α-hetero) is 1. The van der Waals surface area contributed by atoms with Crippen molar-refractivity contribution in [1.82, 2.24) is 9.38 Å². The number of carbonyl (C=O) groups is 2. The molecule has 0 spiro atoms. The van der Waals surface area contributed by atoms with Crippen molar-refractivity contribution in [1.29, 1.82) is 0 Å². The monoisotopic (exact) mass is 328 g/mol. The van der Waals surface area contributed by atoms with Crippen molar-refractivity contribution >= 4 is 28.6 Å². The Morgan fingerprint density at radius 1 is 1.39 bits per heavy atom. The minimum Gasteiger partial charge on any atom is -0.478 e. The Morgan fingerprint density at radius 3 is 2.78 bits per heavy atom. The first-order chi connectivity index (χ1) is 11.0. The lowest BCUT2D eigenvalue weighted by atomic mass is 9.99. The highest BCUT2D eigenvalue weighted by Crippen LogP contribution is 2.34. The number of carboxylic acid groups (broad SMARTS) is 1. The molecule has 6 heteroatoms. The number of rotatable bonds is 5. The molecule has 3 aromatic heterocycles. The van der Waals surface area contributed by atoms with Crippen LogP contribution >= 0.6 is 11.3 Å². The van der Waals surface area contributed by atoms with Crippen LogP contribution in [-0.4, -0.2) is 26.2 Å². The van der Waals surface area contributed by atoms with Gasteiger partial charge in [0.15, 0.2) is 5.78 Å². The maximum absolute atomic E-state index is 12.7. The molecule has 0 saturated carbocycles. The summed E-state index contributed by atoms with van der Waals surface area (Å²) in [5, 5.41) is 10.5. The van der Waals surface area contributed by atoms with E-state index in [0.29, 0.717) is 34.5 Å². The Balaban J connectivity index is 2.41. The molecule has 118 valence electrons. The predicted octanol–water partition coefficient (Wildman–Crippen LogP) is 4.05. The highest BCUT2D eigenvalue weighted by atomic mass is 32.1. The van der Waals surface area contributed by atoms with Gasteiger partial charge >= 0.3 is 5.97 Å². The summed E-state index contributed by atoms with van der Waals surface area (Å²) >= 11 is 1.39. The lowest BCUT2D eigenvalue weighted by Crippen LogP contribution is -2.12. The number of thiazole rings is 1. The number of carboxylic acids is 1. The summed E-state index contributed by atoms with van der Waals surface area (Å²) < 4.78 is 1.77. The van der Waals surface area contributed by atoms with Crippen LogP contribution in [0.5, 0.6) is 0 Å². The molecular weight excluding hydrogens is 312 g/mol. The van der Waals surface area contributed by atoms with Crippen molar-refractivity contribution in [3.8, 4) is 10.4 Å². The van der Waals surface area contributed by atoms with Crippen LogP contribution in [0.15, 0.2) is 30.6 Å². The van der Waals surface area contributed by atoms with E-state index in [0.717, 1.165) is 5.01 Å². The normalized spacial score (nSPS) is 11.0. The molecule has 0 aliphatic heterocycles. The second-order valence-corrected chi connectivity index (χ2v) is 6.54. The smallest absolute Gasteiger partial charge is 0.336 e. The van der Waals surface area contributed by atoms with Crippen LogP contribution in [0.4, 0.5) is 0 Å². The molecule has 23 heavy (non-hydrogen) atoms. The maximum Gasteiger partial charge on any atom is 0.336 e. The van der Waals surface area contributed by atoms with Gasteiger partial charge in [0.05, 0.1) is 21.1 Å². The van der Waals surface area contributed by atoms with Crippen molar-refractivity contribution in [2.24, 2.45) is 0 Å². The van der Waals surface area contributed by atoms with E-state index in [1.807, 2.05) is 19.9 Å². The fourth-order valence-corrected chi connectivity index (χ4v) is 3.54. The molecule has 3 aromatic rings. The van der Waals surface area contributed by atoms with Gasteiger partial charge in [-0.15, -0.1) is 11.3 Å². The van der Waals surface area contributed by atoms with Crippen molar-refractivity contribution in [2.75, 3.05) is 0 Å². The van der Waals surface area contributed by atoms with Crippen LogP contribution in [-0.2, 0) is 0 Å². The summed E-state index contributed by atoms with van der Waals surface area (Å²) in [5.74, 6) is -1.10. The molecule has 0 aliphatic rings. The Morgan fingerprint density at radius 2 is 2.17 bits per heavy atom. The molecule has 5 nitrogen and oxygen atoms in total. The molecular formula is C17H16N2O3S. The van der Waals surface area contributed by atoms with Crippen LogP contribution in [0.2, 0.25) is 0 Å². The number of ketones is 1. The number of carbonyl (C=O) groups excluding carboxylic acids is 1. The molecule has 0 radical (unpaired) electrons. The second kappa shape index (κ2) is 5.96. The topological polar surface area (TPSA) is 71.7 Å². The molecule has 0 amide bonds. The SMILES string of the molecule is CCCC(=O)c1c(-c2cnc(C)s2)c(C(=O)O)cc2cccn12. The third-order valence-corrected chi connectivity index (χ3v) is 4.59. The van der Waals surface area contributed by atoms with E-state index < -0.39 is 5.97 Å².